The average molecular weight is 453 g/mol. The second kappa shape index (κ2) is 11.2. The predicted molar refractivity (Wildman–Crippen MR) is 133 cm³/mol. The van der Waals surface area contributed by atoms with Crippen molar-refractivity contribution in [2.24, 2.45) is 11.8 Å². The van der Waals surface area contributed by atoms with Crippen LogP contribution in [0.3, 0.4) is 0 Å². The molecule has 3 heterocycles. The van der Waals surface area contributed by atoms with Gasteiger partial charge in [0.25, 0.3) is 5.91 Å². The molecule has 2 aliphatic rings. The molecule has 4 rings (SSSR count). The lowest BCUT2D eigenvalue weighted by atomic mass is 9.84. The lowest BCUT2D eigenvalue weighted by Crippen LogP contribution is -2.43. The zero-order chi connectivity index (χ0) is 23.2. The van der Waals surface area contributed by atoms with E-state index in [4.69, 9.17) is 0 Å². The van der Waals surface area contributed by atoms with Crippen molar-refractivity contribution in [2.75, 3.05) is 32.7 Å². The van der Waals surface area contributed by atoms with Gasteiger partial charge in [0.1, 0.15) is 5.69 Å². The van der Waals surface area contributed by atoms with E-state index < -0.39 is 0 Å². The first-order valence-corrected chi connectivity index (χ1v) is 13.0. The molecule has 6 nitrogen and oxygen atoms in total. The van der Waals surface area contributed by atoms with Crippen LogP contribution in [0.5, 0.6) is 0 Å². The highest BCUT2D eigenvalue weighted by molar-refractivity contribution is 5.98. The number of hydrogen-bond acceptors (Lipinski definition) is 3. The SMILES string of the molecule is CC[C@H]1CCCCN1CCCNC(=O)[C@@H](C)C1CCN(C(=O)c2cc3ccccc3[nH]2)CC1. The highest BCUT2D eigenvalue weighted by atomic mass is 16.2. The molecule has 0 saturated carbocycles. The van der Waals surface area contributed by atoms with Crippen molar-refractivity contribution in [2.45, 2.75) is 64.8 Å². The average Bonchev–Trinajstić information content (AvgIpc) is 3.30. The Hall–Kier alpha value is -2.34. The number of para-hydroxylation sites is 1. The maximum Gasteiger partial charge on any atom is 0.270 e. The third-order valence-corrected chi connectivity index (χ3v) is 7.85. The van der Waals surface area contributed by atoms with Crippen molar-refractivity contribution in [1.82, 2.24) is 20.1 Å². The van der Waals surface area contributed by atoms with Crippen molar-refractivity contribution in [3.63, 3.8) is 0 Å². The van der Waals surface area contributed by atoms with Gasteiger partial charge in [-0.15, -0.1) is 0 Å². The summed E-state index contributed by atoms with van der Waals surface area (Å²) in [6.07, 6.45) is 7.99. The summed E-state index contributed by atoms with van der Waals surface area (Å²) in [4.78, 5) is 33.5. The summed E-state index contributed by atoms with van der Waals surface area (Å²) in [7, 11) is 0. The number of likely N-dealkylation sites (tertiary alicyclic amines) is 2. The number of hydrogen-bond donors (Lipinski definition) is 2. The van der Waals surface area contributed by atoms with Gasteiger partial charge in [0.05, 0.1) is 0 Å². The fourth-order valence-electron chi connectivity index (χ4n) is 5.65. The molecule has 2 N–H and O–H groups in total. The molecule has 0 radical (unpaired) electrons. The zero-order valence-corrected chi connectivity index (χ0v) is 20.3. The van der Waals surface area contributed by atoms with Gasteiger partial charge in [0, 0.05) is 49.0 Å². The minimum absolute atomic E-state index is 0.00583. The standard InChI is InChI=1S/C27H40N4O2/c1-3-23-10-6-7-15-30(23)16-8-14-28-26(32)20(2)21-12-17-31(18-13-21)27(33)25-19-22-9-4-5-11-24(22)29-25/h4-5,9,11,19-21,23,29H,3,6-8,10,12-18H2,1-2H3,(H,28,32)/t20-,23-/m0/s1. The molecule has 2 saturated heterocycles. The van der Waals surface area contributed by atoms with Crippen molar-refractivity contribution < 1.29 is 9.59 Å². The van der Waals surface area contributed by atoms with Crippen molar-refractivity contribution >= 4 is 22.7 Å². The van der Waals surface area contributed by atoms with Gasteiger partial charge in [0.15, 0.2) is 0 Å². The van der Waals surface area contributed by atoms with E-state index in [0.717, 1.165) is 49.3 Å². The molecule has 2 aromatic rings. The summed E-state index contributed by atoms with van der Waals surface area (Å²) in [5.74, 6) is 0.558. The largest absolute Gasteiger partial charge is 0.356 e. The summed E-state index contributed by atoms with van der Waals surface area (Å²) in [6.45, 7) is 8.81. The Kier molecular flexibility index (Phi) is 8.07. The number of piperidine rings is 2. The van der Waals surface area contributed by atoms with Crippen LogP contribution in [-0.2, 0) is 4.79 Å². The van der Waals surface area contributed by atoms with Gasteiger partial charge in [-0.2, -0.15) is 0 Å². The lowest BCUT2D eigenvalue weighted by Gasteiger charge is -2.35. The molecule has 6 heteroatoms. The van der Waals surface area contributed by atoms with Crippen LogP contribution in [0.2, 0.25) is 0 Å². The molecule has 180 valence electrons. The van der Waals surface area contributed by atoms with Crippen LogP contribution in [0.15, 0.2) is 30.3 Å². The van der Waals surface area contributed by atoms with E-state index in [1.165, 1.54) is 32.2 Å². The third-order valence-electron chi connectivity index (χ3n) is 7.85. The number of rotatable bonds is 8. The van der Waals surface area contributed by atoms with Gasteiger partial charge in [-0.05, 0) is 63.1 Å². The van der Waals surface area contributed by atoms with E-state index in [2.05, 4.69) is 22.1 Å². The lowest BCUT2D eigenvalue weighted by molar-refractivity contribution is -0.126. The number of nitrogens with zero attached hydrogens (tertiary/aromatic N) is 2. The normalized spacial score (nSPS) is 21.3. The number of fused-ring (bicyclic) bond motifs is 1. The topological polar surface area (TPSA) is 68.4 Å². The Labute approximate surface area is 198 Å². The Morgan fingerprint density at radius 3 is 2.67 bits per heavy atom. The molecule has 2 fully saturated rings. The molecule has 0 spiro atoms. The van der Waals surface area contributed by atoms with E-state index in [9.17, 15) is 9.59 Å². The van der Waals surface area contributed by atoms with Gasteiger partial charge >= 0.3 is 0 Å². The van der Waals surface area contributed by atoms with Crippen LogP contribution >= 0.6 is 0 Å². The smallest absolute Gasteiger partial charge is 0.270 e. The van der Waals surface area contributed by atoms with Gasteiger partial charge in [0.2, 0.25) is 5.91 Å². The number of carbonyl (C=O) groups is 2. The molecule has 0 unspecified atom stereocenters. The Bertz CT molecular complexity index is 898. The zero-order valence-electron chi connectivity index (χ0n) is 20.3. The van der Waals surface area contributed by atoms with Gasteiger partial charge in [-0.1, -0.05) is 38.5 Å². The minimum Gasteiger partial charge on any atom is -0.356 e. The highest BCUT2D eigenvalue weighted by Crippen LogP contribution is 2.27. The molecular weight excluding hydrogens is 412 g/mol. The number of H-pyrrole nitrogens is 1. The summed E-state index contributed by atoms with van der Waals surface area (Å²) < 4.78 is 0. The molecule has 0 bridgehead atoms. The molecule has 33 heavy (non-hydrogen) atoms. The van der Waals surface area contributed by atoms with E-state index in [-0.39, 0.29) is 17.7 Å². The molecule has 2 atom stereocenters. The van der Waals surface area contributed by atoms with Gasteiger partial charge < -0.3 is 20.1 Å². The second-order valence-electron chi connectivity index (χ2n) is 9.93. The Morgan fingerprint density at radius 2 is 1.91 bits per heavy atom. The van der Waals surface area contributed by atoms with E-state index in [1.54, 1.807) is 0 Å². The van der Waals surface area contributed by atoms with Crippen LogP contribution in [0.25, 0.3) is 10.9 Å². The van der Waals surface area contributed by atoms with Crippen LogP contribution < -0.4 is 5.32 Å². The first kappa shape index (κ1) is 23.8. The number of nitrogens with one attached hydrogen (secondary N) is 2. The molecular formula is C27H40N4O2. The van der Waals surface area contributed by atoms with Crippen LogP contribution in [0.4, 0.5) is 0 Å². The van der Waals surface area contributed by atoms with Gasteiger partial charge in [-0.3, -0.25) is 9.59 Å². The number of carbonyl (C=O) groups excluding carboxylic acids is 2. The Morgan fingerprint density at radius 1 is 1.12 bits per heavy atom. The fourth-order valence-corrected chi connectivity index (χ4v) is 5.65. The van der Waals surface area contributed by atoms with Crippen molar-refractivity contribution in [1.29, 1.82) is 0 Å². The van der Waals surface area contributed by atoms with Crippen molar-refractivity contribution in [3.05, 3.63) is 36.0 Å². The summed E-state index contributed by atoms with van der Waals surface area (Å²) in [5, 5.41) is 4.24. The number of amides is 2. The highest BCUT2D eigenvalue weighted by Gasteiger charge is 2.30. The summed E-state index contributed by atoms with van der Waals surface area (Å²) in [5.41, 5.74) is 1.64. The van der Waals surface area contributed by atoms with Crippen molar-refractivity contribution in [3.8, 4) is 0 Å². The maximum atomic E-state index is 12.9. The first-order chi connectivity index (χ1) is 16.1. The van der Waals surface area contributed by atoms with E-state index in [1.807, 2.05) is 42.2 Å². The van der Waals surface area contributed by atoms with Crippen LogP contribution in [0.1, 0.15) is 69.3 Å². The number of aromatic amines is 1. The third kappa shape index (κ3) is 5.78. The van der Waals surface area contributed by atoms with Gasteiger partial charge in [-0.25, -0.2) is 0 Å². The minimum atomic E-state index is -0.00583. The molecule has 2 aliphatic heterocycles. The van der Waals surface area contributed by atoms with Crippen LogP contribution in [-0.4, -0.2) is 65.4 Å². The second-order valence-corrected chi connectivity index (χ2v) is 9.93. The number of benzene rings is 1. The quantitative estimate of drug-likeness (QED) is 0.583. The fraction of sp³-hybridized carbons (Fsp3) is 0.630. The first-order valence-electron chi connectivity index (χ1n) is 13.0. The summed E-state index contributed by atoms with van der Waals surface area (Å²) >= 11 is 0. The van der Waals surface area contributed by atoms with E-state index in [0.29, 0.717) is 24.7 Å². The monoisotopic (exact) mass is 452 g/mol. The number of aromatic nitrogens is 1. The van der Waals surface area contributed by atoms with E-state index >= 15 is 0 Å². The van der Waals surface area contributed by atoms with Crippen LogP contribution in [0, 0.1) is 11.8 Å². The Balaban J connectivity index is 1.19. The molecule has 0 aliphatic carbocycles. The predicted octanol–water partition coefficient (Wildman–Crippen LogP) is 4.43. The maximum absolute atomic E-state index is 12.9. The molecule has 1 aromatic heterocycles. The molecule has 2 amide bonds. The summed E-state index contributed by atoms with van der Waals surface area (Å²) in [6, 6.07) is 10.6. The molecule has 1 aromatic carbocycles.